The molecule has 1 heterocycles. The van der Waals surface area contributed by atoms with E-state index in [2.05, 4.69) is 21.0 Å². The van der Waals surface area contributed by atoms with E-state index in [1.807, 2.05) is 6.92 Å². The van der Waals surface area contributed by atoms with E-state index in [0.29, 0.717) is 12.2 Å². The lowest BCUT2D eigenvalue weighted by Gasteiger charge is -2.12. The number of amides is 2. The van der Waals surface area contributed by atoms with Gasteiger partial charge in [0.15, 0.2) is 0 Å². The van der Waals surface area contributed by atoms with Crippen LogP contribution in [0.3, 0.4) is 0 Å². The minimum Gasteiger partial charge on any atom is -0.355 e. The molecule has 1 aromatic heterocycles. The minimum atomic E-state index is -0.605. The Morgan fingerprint density at radius 2 is 2.17 bits per heavy atom. The second-order valence-electron chi connectivity index (χ2n) is 3.67. The molecule has 0 fully saturated rings. The van der Waals surface area contributed by atoms with E-state index in [4.69, 9.17) is 5.84 Å². The van der Waals surface area contributed by atoms with Gasteiger partial charge in [-0.05, 0) is 26.0 Å². The minimum absolute atomic E-state index is 0.227. The summed E-state index contributed by atoms with van der Waals surface area (Å²) in [5.41, 5.74) is 3.24. The molecular formula is C11H17N5O2. The largest absolute Gasteiger partial charge is 0.355 e. The van der Waals surface area contributed by atoms with Crippen LogP contribution in [0.2, 0.25) is 0 Å². The number of hydrazine groups is 1. The topological polar surface area (TPSA) is 109 Å². The van der Waals surface area contributed by atoms with Crippen LogP contribution >= 0.6 is 0 Å². The molecule has 5 N–H and O–H groups in total. The number of hydrogen-bond acceptors (Lipinski definition) is 5. The van der Waals surface area contributed by atoms with E-state index in [-0.39, 0.29) is 11.6 Å². The highest BCUT2D eigenvalue weighted by atomic mass is 16.2. The zero-order valence-corrected chi connectivity index (χ0v) is 10.4. The van der Waals surface area contributed by atoms with Crippen LogP contribution in [0.5, 0.6) is 0 Å². The molecule has 0 aliphatic carbocycles. The van der Waals surface area contributed by atoms with Gasteiger partial charge in [-0.2, -0.15) is 0 Å². The van der Waals surface area contributed by atoms with Gasteiger partial charge in [0.05, 0.1) is 11.9 Å². The van der Waals surface area contributed by atoms with Crippen molar-refractivity contribution in [1.82, 2.24) is 15.6 Å². The van der Waals surface area contributed by atoms with Crippen molar-refractivity contribution in [3.63, 3.8) is 0 Å². The lowest BCUT2D eigenvalue weighted by atomic mass is 10.2. The van der Waals surface area contributed by atoms with Crippen molar-refractivity contribution >= 4 is 17.5 Å². The van der Waals surface area contributed by atoms with Crippen molar-refractivity contribution in [3.05, 3.63) is 24.0 Å². The monoisotopic (exact) mass is 251 g/mol. The molecule has 0 aliphatic heterocycles. The van der Waals surface area contributed by atoms with E-state index in [1.54, 1.807) is 13.0 Å². The van der Waals surface area contributed by atoms with Crippen LogP contribution in [-0.2, 0) is 4.79 Å². The quantitative estimate of drug-likeness (QED) is 0.421. The molecule has 0 bridgehead atoms. The molecule has 1 unspecified atom stereocenters. The molecular weight excluding hydrogens is 234 g/mol. The number of nitrogens with two attached hydrogens (primary N) is 1. The van der Waals surface area contributed by atoms with Crippen molar-refractivity contribution in [3.8, 4) is 0 Å². The van der Waals surface area contributed by atoms with Gasteiger partial charge in [-0.25, -0.2) is 4.98 Å². The molecule has 1 rings (SSSR count). The maximum absolute atomic E-state index is 11.8. The molecule has 0 radical (unpaired) electrons. The van der Waals surface area contributed by atoms with Gasteiger partial charge in [0.1, 0.15) is 11.7 Å². The third kappa shape index (κ3) is 3.70. The summed E-state index contributed by atoms with van der Waals surface area (Å²) < 4.78 is 0. The van der Waals surface area contributed by atoms with Crippen LogP contribution in [0.4, 0.5) is 5.69 Å². The molecule has 1 aromatic rings. The van der Waals surface area contributed by atoms with Gasteiger partial charge >= 0.3 is 0 Å². The standard InChI is InChI=1S/C11H17N5O2/c1-3-13-10(17)7(2)15-11(18)9-5-4-8(16-12)6-14-9/h4-7,16H,3,12H2,1-2H3,(H,13,17)(H,15,18). The fourth-order valence-corrected chi connectivity index (χ4v) is 1.28. The Labute approximate surface area is 105 Å². The average molecular weight is 251 g/mol. The molecule has 0 aromatic carbocycles. The Bertz CT molecular complexity index is 418. The SMILES string of the molecule is CCNC(=O)C(C)NC(=O)c1ccc(NN)cn1. The number of carbonyl (C=O) groups excluding carboxylic acids is 2. The highest BCUT2D eigenvalue weighted by Crippen LogP contribution is 2.04. The van der Waals surface area contributed by atoms with Gasteiger partial charge in [-0.15, -0.1) is 0 Å². The number of hydrogen-bond donors (Lipinski definition) is 4. The van der Waals surface area contributed by atoms with Gasteiger partial charge in [-0.1, -0.05) is 0 Å². The van der Waals surface area contributed by atoms with Crippen LogP contribution < -0.4 is 21.9 Å². The number of rotatable bonds is 5. The number of nitrogens with zero attached hydrogens (tertiary/aromatic N) is 1. The van der Waals surface area contributed by atoms with Gasteiger partial charge in [0.2, 0.25) is 5.91 Å². The predicted molar refractivity (Wildman–Crippen MR) is 67.7 cm³/mol. The van der Waals surface area contributed by atoms with Crippen molar-refractivity contribution < 1.29 is 9.59 Å². The number of anilines is 1. The third-order valence-electron chi connectivity index (χ3n) is 2.25. The normalized spacial score (nSPS) is 11.5. The van der Waals surface area contributed by atoms with Crippen LogP contribution in [0.1, 0.15) is 24.3 Å². The molecule has 0 saturated carbocycles. The molecule has 2 amide bonds. The van der Waals surface area contributed by atoms with E-state index in [0.717, 1.165) is 0 Å². The van der Waals surface area contributed by atoms with Crippen molar-refractivity contribution in [2.75, 3.05) is 12.0 Å². The number of nitrogens with one attached hydrogen (secondary N) is 3. The van der Waals surface area contributed by atoms with E-state index in [9.17, 15) is 9.59 Å². The zero-order chi connectivity index (χ0) is 13.5. The summed E-state index contributed by atoms with van der Waals surface area (Å²) in [5, 5.41) is 5.17. The number of pyridine rings is 1. The summed E-state index contributed by atoms with van der Waals surface area (Å²) in [5.74, 6) is 4.55. The Hall–Kier alpha value is -2.15. The first kappa shape index (κ1) is 13.9. The van der Waals surface area contributed by atoms with Crippen LogP contribution in [0.25, 0.3) is 0 Å². The van der Waals surface area contributed by atoms with Crippen LogP contribution in [0.15, 0.2) is 18.3 Å². The van der Waals surface area contributed by atoms with Crippen molar-refractivity contribution in [1.29, 1.82) is 0 Å². The molecule has 7 heteroatoms. The maximum atomic E-state index is 11.8. The lowest BCUT2D eigenvalue weighted by Crippen LogP contribution is -2.44. The fraction of sp³-hybridized carbons (Fsp3) is 0.364. The second kappa shape index (κ2) is 6.55. The Morgan fingerprint density at radius 3 is 2.67 bits per heavy atom. The number of nitrogen functional groups attached to an aromatic ring is 1. The summed E-state index contributed by atoms with van der Waals surface area (Å²) in [6.45, 7) is 3.94. The third-order valence-corrected chi connectivity index (χ3v) is 2.25. The van der Waals surface area contributed by atoms with E-state index >= 15 is 0 Å². The number of likely N-dealkylation sites (N-methyl/N-ethyl adjacent to an activating group) is 1. The maximum Gasteiger partial charge on any atom is 0.270 e. The average Bonchev–Trinajstić information content (AvgIpc) is 2.39. The molecule has 98 valence electrons. The van der Waals surface area contributed by atoms with Crippen LogP contribution in [-0.4, -0.2) is 29.4 Å². The van der Waals surface area contributed by atoms with E-state index in [1.165, 1.54) is 12.3 Å². The summed E-state index contributed by atoms with van der Waals surface area (Å²) in [7, 11) is 0. The van der Waals surface area contributed by atoms with Crippen LogP contribution in [0, 0.1) is 0 Å². The second-order valence-corrected chi connectivity index (χ2v) is 3.67. The molecule has 18 heavy (non-hydrogen) atoms. The van der Waals surface area contributed by atoms with Gasteiger partial charge in [0, 0.05) is 6.54 Å². The molecule has 0 spiro atoms. The smallest absolute Gasteiger partial charge is 0.270 e. The Balaban J connectivity index is 2.61. The fourth-order valence-electron chi connectivity index (χ4n) is 1.28. The highest BCUT2D eigenvalue weighted by Gasteiger charge is 2.16. The van der Waals surface area contributed by atoms with Gasteiger partial charge < -0.3 is 16.1 Å². The summed E-state index contributed by atoms with van der Waals surface area (Å²) in [6.07, 6.45) is 1.44. The van der Waals surface area contributed by atoms with Crippen molar-refractivity contribution in [2.45, 2.75) is 19.9 Å². The Morgan fingerprint density at radius 1 is 1.44 bits per heavy atom. The van der Waals surface area contributed by atoms with Gasteiger partial charge in [0.25, 0.3) is 5.91 Å². The van der Waals surface area contributed by atoms with Gasteiger partial charge in [-0.3, -0.25) is 15.4 Å². The predicted octanol–water partition coefficient (Wildman–Crippen LogP) is -0.378. The first-order valence-corrected chi connectivity index (χ1v) is 5.59. The number of carbonyl (C=O) groups is 2. The lowest BCUT2D eigenvalue weighted by molar-refractivity contribution is -0.122. The molecule has 7 nitrogen and oxygen atoms in total. The Kier molecular flexibility index (Phi) is 5.06. The highest BCUT2D eigenvalue weighted by molar-refractivity contribution is 5.96. The molecule has 0 saturated heterocycles. The first-order valence-electron chi connectivity index (χ1n) is 5.59. The zero-order valence-electron chi connectivity index (χ0n) is 10.4. The summed E-state index contributed by atoms with van der Waals surface area (Å²) in [4.78, 5) is 27.1. The molecule has 1 atom stereocenters. The summed E-state index contributed by atoms with van der Waals surface area (Å²) >= 11 is 0. The van der Waals surface area contributed by atoms with E-state index < -0.39 is 11.9 Å². The number of aromatic nitrogens is 1. The first-order chi connectivity index (χ1) is 8.58. The molecule has 0 aliphatic rings. The summed E-state index contributed by atoms with van der Waals surface area (Å²) in [6, 6.07) is 2.54. The van der Waals surface area contributed by atoms with Crippen molar-refractivity contribution in [2.24, 2.45) is 5.84 Å².